The highest BCUT2D eigenvalue weighted by Crippen LogP contribution is 2.17. The molecule has 1 heterocycles. The second-order valence-electron chi connectivity index (χ2n) is 5.37. The number of aromatic nitrogens is 1. The maximum absolute atomic E-state index is 11.9. The Morgan fingerprint density at radius 2 is 1.73 bits per heavy atom. The fourth-order valence-corrected chi connectivity index (χ4v) is 2.24. The van der Waals surface area contributed by atoms with Crippen molar-refractivity contribution in [2.24, 2.45) is 0 Å². The van der Waals surface area contributed by atoms with E-state index in [-0.39, 0.29) is 21.8 Å². The van der Waals surface area contributed by atoms with E-state index >= 15 is 0 Å². The van der Waals surface area contributed by atoms with Gasteiger partial charge >= 0.3 is 5.97 Å². The van der Waals surface area contributed by atoms with E-state index in [1.807, 2.05) is 0 Å². The average molecular weight is 396 g/mol. The van der Waals surface area contributed by atoms with Crippen molar-refractivity contribution in [3.63, 3.8) is 0 Å². The monoisotopic (exact) mass is 395 g/mol. The van der Waals surface area contributed by atoms with E-state index in [0.29, 0.717) is 11.3 Å². The van der Waals surface area contributed by atoms with Crippen molar-refractivity contribution in [2.45, 2.75) is 0 Å². The molecular formula is C17H15Cl2N3O4. The lowest BCUT2D eigenvalue weighted by molar-refractivity contribution is -0.119. The van der Waals surface area contributed by atoms with Gasteiger partial charge < -0.3 is 15.0 Å². The van der Waals surface area contributed by atoms with Crippen LogP contribution in [-0.2, 0) is 9.53 Å². The predicted octanol–water partition coefficient (Wildman–Crippen LogP) is 2.89. The van der Waals surface area contributed by atoms with Gasteiger partial charge in [-0.15, -0.1) is 0 Å². The van der Waals surface area contributed by atoms with E-state index in [2.05, 4.69) is 10.3 Å². The van der Waals surface area contributed by atoms with Crippen LogP contribution in [0.1, 0.15) is 20.8 Å². The molecule has 0 aliphatic rings. The van der Waals surface area contributed by atoms with Gasteiger partial charge in [0.05, 0.1) is 5.02 Å². The van der Waals surface area contributed by atoms with E-state index in [9.17, 15) is 14.4 Å². The first kappa shape index (κ1) is 19.7. The number of benzene rings is 1. The van der Waals surface area contributed by atoms with Crippen molar-refractivity contribution < 1.29 is 19.1 Å². The molecule has 26 heavy (non-hydrogen) atoms. The van der Waals surface area contributed by atoms with Crippen LogP contribution in [0.5, 0.6) is 0 Å². The van der Waals surface area contributed by atoms with Gasteiger partial charge in [0.15, 0.2) is 12.3 Å². The summed E-state index contributed by atoms with van der Waals surface area (Å²) in [5.74, 6) is -1.56. The number of halogens is 2. The first-order chi connectivity index (χ1) is 12.3. The van der Waals surface area contributed by atoms with E-state index < -0.39 is 18.5 Å². The molecule has 0 radical (unpaired) electrons. The second-order valence-corrected chi connectivity index (χ2v) is 6.16. The summed E-state index contributed by atoms with van der Waals surface area (Å²) in [5, 5.41) is 2.70. The number of carbonyl (C=O) groups excluding carboxylic acids is 3. The number of nitrogens with one attached hydrogen (secondary N) is 1. The lowest BCUT2D eigenvalue weighted by Gasteiger charge is -2.11. The molecule has 7 nitrogen and oxygen atoms in total. The van der Waals surface area contributed by atoms with Gasteiger partial charge in [-0.3, -0.25) is 9.59 Å². The van der Waals surface area contributed by atoms with E-state index in [1.54, 1.807) is 38.4 Å². The molecule has 2 amide bonds. The summed E-state index contributed by atoms with van der Waals surface area (Å²) in [5.41, 5.74) is 0.778. The third-order valence-corrected chi connectivity index (χ3v) is 3.68. The highest BCUT2D eigenvalue weighted by molar-refractivity contribution is 6.34. The molecule has 0 aliphatic carbocycles. The molecular weight excluding hydrogens is 381 g/mol. The van der Waals surface area contributed by atoms with Crippen LogP contribution in [0.3, 0.4) is 0 Å². The van der Waals surface area contributed by atoms with Crippen LogP contribution in [0.4, 0.5) is 5.69 Å². The smallest absolute Gasteiger partial charge is 0.359 e. The minimum Gasteiger partial charge on any atom is -0.451 e. The Labute approximate surface area is 159 Å². The Bertz CT molecular complexity index is 838. The fraction of sp³-hybridized carbons (Fsp3) is 0.176. The summed E-state index contributed by atoms with van der Waals surface area (Å²) in [7, 11) is 3.29. The molecule has 2 aromatic rings. The third kappa shape index (κ3) is 5.18. The maximum atomic E-state index is 11.9. The molecule has 0 saturated carbocycles. The zero-order valence-electron chi connectivity index (χ0n) is 14.0. The molecule has 0 aliphatic heterocycles. The molecule has 0 unspecified atom stereocenters. The zero-order valence-corrected chi connectivity index (χ0v) is 15.5. The van der Waals surface area contributed by atoms with Crippen molar-refractivity contribution in [1.82, 2.24) is 9.88 Å². The van der Waals surface area contributed by atoms with Gasteiger partial charge in [0.25, 0.3) is 11.8 Å². The van der Waals surface area contributed by atoms with Crippen molar-refractivity contribution in [1.29, 1.82) is 0 Å². The summed E-state index contributed by atoms with van der Waals surface area (Å²) in [6.45, 7) is -0.526. The number of hydrogen-bond acceptors (Lipinski definition) is 5. The van der Waals surface area contributed by atoms with Gasteiger partial charge in [0.1, 0.15) is 5.15 Å². The van der Waals surface area contributed by atoms with Crippen molar-refractivity contribution in [2.75, 3.05) is 26.0 Å². The molecule has 2 rings (SSSR count). The molecule has 0 bridgehead atoms. The summed E-state index contributed by atoms with van der Waals surface area (Å²) >= 11 is 11.5. The highest BCUT2D eigenvalue weighted by Gasteiger charge is 2.16. The molecule has 1 aromatic heterocycles. The maximum Gasteiger partial charge on any atom is 0.359 e. The summed E-state index contributed by atoms with van der Waals surface area (Å²) < 4.78 is 4.87. The lowest BCUT2D eigenvalue weighted by Crippen LogP contribution is -2.22. The number of nitrogens with zero attached hydrogens (tertiary/aromatic N) is 2. The van der Waals surface area contributed by atoms with E-state index in [1.165, 1.54) is 17.0 Å². The van der Waals surface area contributed by atoms with Gasteiger partial charge in [-0.1, -0.05) is 23.2 Å². The van der Waals surface area contributed by atoms with E-state index in [4.69, 9.17) is 27.9 Å². The number of carbonyl (C=O) groups is 3. The molecule has 0 saturated heterocycles. The lowest BCUT2D eigenvalue weighted by atomic mass is 10.2. The molecule has 9 heteroatoms. The van der Waals surface area contributed by atoms with Crippen LogP contribution in [0.25, 0.3) is 0 Å². The minimum absolute atomic E-state index is 0.0703. The van der Waals surface area contributed by atoms with Gasteiger partial charge in [0, 0.05) is 25.3 Å². The fourth-order valence-electron chi connectivity index (χ4n) is 1.91. The number of rotatable bonds is 5. The van der Waals surface area contributed by atoms with Crippen LogP contribution in [0, 0.1) is 0 Å². The zero-order chi connectivity index (χ0) is 19.3. The molecule has 1 aromatic carbocycles. The standard InChI is InChI=1S/C17H15Cl2N3O4/c1-22(2)16(24)10-3-5-11(6-4-10)20-14(23)9-26-17(25)15-12(18)7-8-13(19)21-15/h3-8H,9H2,1-2H3,(H,20,23). The molecule has 0 spiro atoms. The topological polar surface area (TPSA) is 88.6 Å². The predicted molar refractivity (Wildman–Crippen MR) is 97.6 cm³/mol. The van der Waals surface area contributed by atoms with Crippen molar-refractivity contribution in [3.05, 3.63) is 57.8 Å². The van der Waals surface area contributed by atoms with Crippen LogP contribution in [0.2, 0.25) is 10.2 Å². The first-order valence-corrected chi connectivity index (χ1v) is 8.14. The van der Waals surface area contributed by atoms with Crippen LogP contribution in [-0.4, -0.2) is 48.4 Å². The Kier molecular flexibility index (Phi) is 6.54. The minimum atomic E-state index is -0.862. The van der Waals surface area contributed by atoms with Gasteiger partial charge in [-0.2, -0.15) is 0 Å². The Hall–Kier alpha value is -2.64. The quantitative estimate of drug-likeness (QED) is 0.620. The van der Waals surface area contributed by atoms with Gasteiger partial charge in [0.2, 0.25) is 0 Å². The Morgan fingerprint density at radius 3 is 2.35 bits per heavy atom. The number of anilines is 1. The molecule has 0 atom stereocenters. The van der Waals surface area contributed by atoms with Crippen molar-refractivity contribution in [3.8, 4) is 0 Å². The van der Waals surface area contributed by atoms with Crippen LogP contribution in [0.15, 0.2) is 36.4 Å². The van der Waals surface area contributed by atoms with E-state index in [0.717, 1.165) is 0 Å². The van der Waals surface area contributed by atoms with Crippen LogP contribution < -0.4 is 5.32 Å². The molecule has 136 valence electrons. The first-order valence-electron chi connectivity index (χ1n) is 7.38. The number of amides is 2. The van der Waals surface area contributed by atoms with Crippen LogP contribution >= 0.6 is 23.2 Å². The molecule has 0 fully saturated rings. The number of pyridine rings is 1. The Balaban J connectivity index is 1.91. The summed E-state index contributed by atoms with van der Waals surface area (Å²) in [6.07, 6.45) is 0. The number of hydrogen-bond donors (Lipinski definition) is 1. The summed E-state index contributed by atoms with van der Waals surface area (Å²) in [4.78, 5) is 40.8. The number of esters is 1. The molecule has 1 N–H and O–H groups in total. The van der Waals surface area contributed by atoms with Gasteiger partial charge in [-0.05, 0) is 36.4 Å². The Morgan fingerprint density at radius 1 is 1.08 bits per heavy atom. The van der Waals surface area contributed by atoms with Gasteiger partial charge in [-0.25, -0.2) is 9.78 Å². The third-order valence-electron chi connectivity index (χ3n) is 3.16. The SMILES string of the molecule is CN(C)C(=O)c1ccc(NC(=O)COC(=O)c2nc(Cl)ccc2Cl)cc1. The average Bonchev–Trinajstić information content (AvgIpc) is 2.61. The summed E-state index contributed by atoms with van der Waals surface area (Å²) in [6, 6.07) is 9.15. The normalized spacial score (nSPS) is 10.2. The largest absolute Gasteiger partial charge is 0.451 e. The number of ether oxygens (including phenoxy) is 1. The van der Waals surface area contributed by atoms with Crippen molar-refractivity contribution >= 4 is 46.7 Å². The highest BCUT2D eigenvalue weighted by atomic mass is 35.5. The second kappa shape index (κ2) is 8.64.